The summed E-state index contributed by atoms with van der Waals surface area (Å²) in [6.45, 7) is 5.27. The number of halogens is 4. The van der Waals surface area contributed by atoms with Gasteiger partial charge in [-0.1, -0.05) is 32.4 Å². The van der Waals surface area contributed by atoms with Gasteiger partial charge in [0.2, 0.25) is 0 Å². The summed E-state index contributed by atoms with van der Waals surface area (Å²) in [5.74, 6) is -0.667. The van der Waals surface area contributed by atoms with Gasteiger partial charge >= 0.3 is 6.18 Å². The second-order valence-corrected chi connectivity index (χ2v) is 9.79. The van der Waals surface area contributed by atoms with E-state index in [1.54, 1.807) is 32.0 Å². The largest absolute Gasteiger partial charge is 0.493 e. The van der Waals surface area contributed by atoms with Gasteiger partial charge in [-0.3, -0.25) is 4.98 Å². The molecule has 2 aromatic heterocycles. The second-order valence-electron chi connectivity index (χ2n) is 8.27. The van der Waals surface area contributed by atoms with E-state index < -0.39 is 23.1 Å². The van der Waals surface area contributed by atoms with Crippen molar-refractivity contribution in [2.45, 2.75) is 44.4 Å². The number of hydrogen-bond donors (Lipinski definition) is 1. The SMILES string of the molecule is CC(C(C)(C)c1cc(Cl)cc2c1OCC2)C(O)(c1cc2cnccc2s1)C(F)(F)F. The molecule has 0 saturated carbocycles. The highest BCUT2D eigenvalue weighted by Crippen LogP contribution is 2.55. The Morgan fingerprint density at radius 1 is 1.23 bits per heavy atom. The standard InChI is InChI=1S/C22H21ClF3NO2S/c1-12(20(2,3)16-10-15(23)8-13-5-7-29-19(13)16)21(28,22(24,25)26)18-9-14-11-27-6-4-17(14)30-18/h4,6,8-12,28H,5,7H2,1-3H3. The maximum atomic E-state index is 14.5. The van der Waals surface area contributed by atoms with E-state index in [1.165, 1.54) is 25.4 Å². The summed E-state index contributed by atoms with van der Waals surface area (Å²) in [6.07, 6.45) is -1.21. The third-order valence-electron chi connectivity index (χ3n) is 6.28. The molecule has 0 aliphatic carbocycles. The predicted molar refractivity (Wildman–Crippen MR) is 112 cm³/mol. The number of ether oxygens (including phenoxy) is 1. The lowest BCUT2D eigenvalue weighted by Crippen LogP contribution is -2.53. The van der Waals surface area contributed by atoms with Crippen LogP contribution in [0.1, 0.15) is 36.8 Å². The van der Waals surface area contributed by atoms with Gasteiger partial charge in [-0.05, 0) is 35.2 Å². The molecule has 3 heterocycles. The molecular formula is C22H21ClF3NO2S. The molecule has 1 N–H and O–H groups in total. The number of hydrogen-bond acceptors (Lipinski definition) is 4. The number of rotatable bonds is 4. The first-order valence-electron chi connectivity index (χ1n) is 9.55. The van der Waals surface area contributed by atoms with Gasteiger partial charge in [-0.25, -0.2) is 0 Å². The van der Waals surface area contributed by atoms with Crippen LogP contribution in [0, 0.1) is 5.92 Å². The summed E-state index contributed by atoms with van der Waals surface area (Å²) in [5, 5.41) is 12.3. The monoisotopic (exact) mass is 455 g/mol. The molecular weight excluding hydrogens is 435 g/mol. The van der Waals surface area contributed by atoms with Crippen LogP contribution in [0.15, 0.2) is 36.7 Å². The summed E-state index contributed by atoms with van der Waals surface area (Å²) < 4.78 is 49.7. The minimum Gasteiger partial charge on any atom is -0.493 e. The van der Waals surface area contributed by atoms with Crippen LogP contribution >= 0.6 is 22.9 Å². The number of thiophene rings is 1. The Kier molecular flexibility index (Phi) is 5.07. The number of fused-ring (bicyclic) bond motifs is 2. The number of aromatic nitrogens is 1. The Morgan fingerprint density at radius 3 is 2.63 bits per heavy atom. The molecule has 0 radical (unpaired) electrons. The predicted octanol–water partition coefficient (Wildman–Crippen LogP) is 6.25. The quantitative estimate of drug-likeness (QED) is 0.505. The Morgan fingerprint density at radius 2 is 1.97 bits per heavy atom. The van der Waals surface area contributed by atoms with E-state index in [1.807, 2.05) is 0 Å². The molecule has 2 unspecified atom stereocenters. The van der Waals surface area contributed by atoms with E-state index in [0.29, 0.717) is 39.4 Å². The van der Waals surface area contributed by atoms with Crippen molar-refractivity contribution in [1.29, 1.82) is 0 Å². The van der Waals surface area contributed by atoms with Crippen LogP contribution in [0.25, 0.3) is 10.1 Å². The van der Waals surface area contributed by atoms with E-state index in [0.717, 1.165) is 16.9 Å². The summed E-state index contributed by atoms with van der Waals surface area (Å²) in [7, 11) is 0. The van der Waals surface area contributed by atoms with Crippen molar-refractivity contribution in [3.63, 3.8) is 0 Å². The van der Waals surface area contributed by atoms with Crippen molar-refractivity contribution in [3.05, 3.63) is 57.7 Å². The number of pyridine rings is 1. The van der Waals surface area contributed by atoms with Crippen LogP contribution in [0.5, 0.6) is 5.75 Å². The lowest BCUT2D eigenvalue weighted by molar-refractivity contribution is -0.290. The number of benzene rings is 1. The average Bonchev–Trinajstić information content (AvgIpc) is 3.31. The highest BCUT2D eigenvalue weighted by molar-refractivity contribution is 7.19. The highest BCUT2D eigenvalue weighted by Gasteiger charge is 2.62. The fourth-order valence-corrected chi connectivity index (χ4v) is 5.64. The van der Waals surface area contributed by atoms with Gasteiger partial charge in [-0.15, -0.1) is 11.3 Å². The van der Waals surface area contributed by atoms with Crippen molar-refractivity contribution in [1.82, 2.24) is 4.98 Å². The molecule has 4 rings (SSSR count). The average molecular weight is 456 g/mol. The molecule has 30 heavy (non-hydrogen) atoms. The van der Waals surface area contributed by atoms with Gasteiger partial charge < -0.3 is 9.84 Å². The van der Waals surface area contributed by atoms with E-state index in [4.69, 9.17) is 16.3 Å². The molecule has 0 fully saturated rings. The fourth-order valence-electron chi connectivity index (χ4n) is 4.17. The van der Waals surface area contributed by atoms with Crippen molar-refractivity contribution in [2.24, 2.45) is 5.92 Å². The van der Waals surface area contributed by atoms with Crippen LogP contribution in [-0.4, -0.2) is 22.9 Å². The summed E-state index contributed by atoms with van der Waals surface area (Å²) in [4.78, 5) is 3.82. The Bertz CT molecular complexity index is 1080. The zero-order valence-electron chi connectivity index (χ0n) is 16.7. The molecule has 1 aliphatic rings. The highest BCUT2D eigenvalue weighted by atomic mass is 35.5. The van der Waals surface area contributed by atoms with Crippen LogP contribution in [0.2, 0.25) is 5.02 Å². The van der Waals surface area contributed by atoms with Crippen LogP contribution in [0.3, 0.4) is 0 Å². The van der Waals surface area contributed by atoms with E-state index >= 15 is 0 Å². The Balaban J connectivity index is 1.88. The van der Waals surface area contributed by atoms with E-state index in [9.17, 15) is 18.3 Å². The minimum absolute atomic E-state index is 0.154. The van der Waals surface area contributed by atoms with Crippen molar-refractivity contribution >= 4 is 33.0 Å². The number of alkyl halides is 3. The zero-order chi connectivity index (χ0) is 21.9. The molecule has 0 spiro atoms. The summed E-state index contributed by atoms with van der Waals surface area (Å²) in [6, 6.07) is 6.46. The Hall–Kier alpha value is -1.83. The van der Waals surface area contributed by atoms with Gasteiger partial charge in [0.1, 0.15) is 5.75 Å². The van der Waals surface area contributed by atoms with Gasteiger partial charge in [0.05, 0.1) is 6.61 Å². The molecule has 1 aromatic carbocycles. The lowest BCUT2D eigenvalue weighted by atomic mass is 9.65. The van der Waals surface area contributed by atoms with Gasteiger partial charge in [-0.2, -0.15) is 13.2 Å². The molecule has 0 amide bonds. The first-order chi connectivity index (χ1) is 14.0. The zero-order valence-corrected chi connectivity index (χ0v) is 18.3. The topological polar surface area (TPSA) is 42.4 Å². The van der Waals surface area contributed by atoms with E-state index in [2.05, 4.69) is 4.98 Å². The maximum absolute atomic E-state index is 14.5. The molecule has 8 heteroatoms. The first kappa shape index (κ1) is 21.4. The third kappa shape index (κ3) is 3.18. The van der Waals surface area contributed by atoms with Crippen molar-refractivity contribution in [2.75, 3.05) is 6.61 Å². The molecule has 2 atom stereocenters. The van der Waals surface area contributed by atoms with Crippen LogP contribution in [-0.2, 0) is 17.4 Å². The van der Waals surface area contributed by atoms with Crippen molar-refractivity contribution in [3.8, 4) is 5.75 Å². The van der Waals surface area contributed by atoms with Crippen LogP contribution < -0.4 is 4.74 Å². The molecule has 160 valence electrons. The number of aliphatic hydroxyl groups is 1. The fraction of sp³-hybridized carbons (Fsp3) is 0.409. The lowest BCUT2D eigenvalue weighted by Gasteiger charge is -2.44. The third-order valence-corrected chi connectivity index (χ3v) is 7.74. The first-order valence-corrected chi connectivity index (χ1v) is 10.7. The minimum atomic E-state index is -4.89. The van der Waals surface area contributed by atoms with Crippen molar-refractivity contribution < 1.29 is 23.0 Å². The van der Waals surface area contributed by atoms with Crippen LogP contribution in [0.4, 0.5) is 13.2 Å². The summed E-state index contributed by atoms with van der Waals surface area (Å²) >= 11 is 7.20. The van der Waals surface area contributed by atoms with E-state index in [-0.39, 0.29) is 4.88 Å². The molecule has 3 nitrogen and oxygen atoms in total. The molecule has 0 saturated heterocycles. The summed E-state index contributed by atoms with van der Waals surface area (Å²) in [5.41, 5.74) is -2.71. The molecule has 0 bridgehead atoms. The smallest absolute Gasteiger partial charge is 0.422 e. The Labute approximate surface area is 181 Å². The van der Waals surface area contributed by atoms with Gasteiger partial charge in [0.15, 0.2) is 5.60 Å². The maximum Gasteiger partial charge on any atom is 0.422 e. The molecule has 3 aromatic rings. The number of nitrogens with zero attached hydrogens (tertiary/aromatic N) is 1. The van der Waals surface area contributed by atoms with Gasteiger partial charge in [0, 0.05) is 50.3 Å². The normalized spacial score (nSPS) is 17.5. The second kappa shape index (κ2) is 7.11. The molecule has 1 aliphatic heterocycles. The van der Waals surface area contributed by atoms with Gasteiger partial charge in [0.25, 0.3) is 0 Å².